The summed E-state index contributed by atoms with van der Waals surface area (Å²) in [6, 6.07) is -0.193. The van der Waals surface area contributed by atoms with Crippen molar-refractivity contribution in [2.24, 2.45) is 0 Å². The van der Waals surface area contributed by atoms with Crippen molar-refractivity contribution >= 4 is 17.7 Å². The Morgan fingerprint density at radius 1 is 1.18 bits per heavy atom. The van der Waals surface area contributed by atoms with E-state index in [1.54, 1.807) is 0 Å². The molecule has 0 saturated carbocycles. The van der Waals surface area contributed by atoms with Gasteiger partial charge in [-0.25, -0.2) is 0 Å². The lowest BCUT2D eigenvalue weighted by Gasteiger charge is -2.10. The topological polar surface area (TPSA) is 99.3 Å². The molecule has 1 heterocycles. The number of carbonyl (C=O) groups is 3. The lowest BCUT2D eigenvalue weighted by atomic mass is 10.2. The minimum Gasteiger partial charge on any atom is -0.358 e. The van der Waals surface area contributed by atoms with Crippen LogP contribution in [-0.4, -0.2) is 50.4 Å². The Balaban J connectivity index is 2.14. The predicted molar refractivity (Wildman–Crippen MR) is 61.1 cm³/mol. The third-order valence-electron chi connectivity index (χ3n) is 2.52. The molecule has 1 aliphatic heterocycles. The minimum absolute atomic E-state index is 0.0765. The molecule has 0 aromatic heterocycles. The van der Waals surface area contributed by atoms with Crippen LogP contribution in [0.25, 0.3) is 0 Å². The van der Waals surface area contributed by atoms with Crippen LogP contribution in [0.15, 0.2) is 0 Å². The summed E-state index contributed by atoms with van der Waals surface area (Å²) in [4.78, 5) is 33.6. The molecule has 0 aromatic carbocycles. The summed E-state index contributed by atoms with van der Waals surface area (Å²) in [6.45, 7) is 0.655. The van der Waals surface area contributed by atoms with Crippen LogP contribution in [0.5, 0.6) is 0 Å². The van der Waals surface area contributed by atoms with Gasteiger partial charge in [0, 0.05) is 7.05 Å². The molecule has 1 atom stereocenters. The predicted octanol–water partition coefficient (Wildman–Crippen LogP) is -2.28. The average Bonchev–Trinajstić information content (AvgIpc) is 2.86. The molecule has 1 aliphatic rings. The van der Waals surface area contributed by atoms with Gasteiger partial charge in [0.05, 0.1) is 19.1 Å². The van der Waals surface area contributed by atoms with Crippen LogP contribution >= 0.6 is 0 Å². The lowest BCUT2D eigenvalue weighted by Crippen LogP contribution is -2.46. The molecular weight excluding hydrogens is 224 g/mol. The fourth-order valence-electron chi connectivity index (χ4n) is 1.53. The van der Waals surface area contributed by atoms with E-state index in [0.717, 1.165) is 19.4 Å². The fourth-order valence-corrected chi connectivity index (χ4v) is 1.53. The highest BCUT2D eigenvalue weighted by molar-refractivity contribution is 5.89. The van der Waals surface area contributed by atoms with Crippen molar-refractivity contribution < 1.29 is 14.4 Å². The van der Waals surface area contributed by atoms with E-state index in [1.807, 2.05) is 0 Å². The number of rotatable bonds is 5. The molecule has 0 aromatic rings. The van der Waals surface area contributed by atoms with E-state index in [-0.39, 0.29) is 36.9 Å². The number of hydrogen-bond acceptors (Lipinski definition) is 4. The van der Waals surface area contributed by atoms with Crippen molar-refractivity contribution in [2.75, 3.05) is 26.7 Å². The number of likely N-dealkylation sites (N-methyl/N-ethyl adjacent to an activating group) is 1. The Morgan fingerprint density at radius 2 is 1.88 bits per heavy atom. The molecule has 1 rings (SSSR count). The molecule has 1 saturated heterocycles. The molecule has 7 heteroatoms. The zero-order valence-corrected chi connectivity index (χ0v) is 9.84. The molecule has 1 unspecified atom stereocenters. The molecule has 96 valence electrons. The van der Waals surface area contributed by atoms with Gasteiger partial charge in [-0.15, -0.1) is 0 Å². The standard InChI is InChI=1S/C10H18N4O3/c1-11-8(15)5-13-9(16)6-14-10(17)7-3-2-4-12-7/h7,12H,2-6H2,1H3,(H,11,15)(H,13,16)(H,14,17). The van der Waals surface area contributed by atoms with Crippen LogP contribution < -0.4 is 21.3 Å². The molecule has 0 radical (unpaired) electrons. The summed E-state index contributed by atoms with van der Waals surface area (Å²) in [5, 5.41) is 10.3. The van der Waals surface area contributed by atoms with Crippen LogP contribution in [0, 0.1) is 0 Å². The van der Waals surface area contributed by atoms with Gasteiger partial charge in [-0.05, 0) is 19.4 Å². The number of hydrogen-bond donors (Lipinski definition) is 4. The Bertz CT molecular complexity index is 300. The van der Waals surface area contributed by atoms with Gasteiger partial charge in [0.15, 0.2) is 0 Å². The van der Waals surface area contributed by atoms with Crippen molar-refractivity contribution in [3.63, 3.8) is 0 Å². The highest BCUT2D eigenvalue weighted by Gasteiger charge is 2.21. The largest absolute Gasteiger partial charge is 0.358 e. The van der Waals surface area contributed by atoms with Gasteiger partial charge >= 0.3 is 0 Å². The maximum atomic E-state index is 11.5. The summed E-state index contributed by atoms with van der Waals surface area (Å²) in [5.74, 6) is -0.820. The van der Waals surface area contributed by atoms with E-state index in [1.165, 1.54) is 7.05 Å². The third kappa shape index (κ3) is 4.81. The molecule has 0 spiro atoms. The molecule has 0 bridgehead atoms. The molecule has 17 heavy (non-hydrogen) atoms. The van der Waals surface area contributed by atoms with Gasteiger partial charge < -0.3 is 21.3 Å². The Hall–Kier alpha value is -1.63. The second kappa shape index (κ2) is 6.85. The fraction of sp³-hybridized carbons (Fsp3) is 0.700. The summed E-state index contributed by atoms with van der Waals surface area (Å²) in [5.41, 5.74) is 0. The van der Waals surface area contributed by atoms with Gasteiger partial charge in [-0.2, -0.15) is 0 Å². The van der Waals surface area contributed by atoms with Gasteiger partial charge in [0.1, 0.15) is 0 Å². The Morgan fingerprint density at radius 3 is 2.47 bits per heavy atom. The monoisotopic (exact) mass is 242 g/mol. The lowest BCUT2D eigenvalue weighted by molar-refractivity contribution is -0.128. The van der Waals surface area contributed by atoms with Crippen molar-refractivity contribution in [1.82, 2.24) is 21.3 Å². The van der Waals surface area contributed by atoms with Gasteiger partial charge in [-0.1, -0.05) is 0 Å². The van der Waals surface area contributed by atoms with Gasteiger partial charge in [0.25, 0.3) is 0 Å². The van der Waals surface area contributed by atoms with E-state index in [0.29, 0.717) is 0 Å². The van der Waals surface area contributed by atoms with E-state index in [9.17, 15) is 14.4 Å². The first-order valence-corrected chi connectivity index (χ1v) is 5.62. The van der Waals surface area contributed by atoms with E-state index in [2.05, 4.69) is 21.3 Å². The van der Waals surface area contributed by atoms with Crippen LogP contribution in [0.2, 0.25) is 0 Å². The van der Waals surface area contributed by atoms with Gasteiger partial charge in [0.2, 0.25) is 17.7 Å². The molecule has 0 aliphatic carbocycles. The number of amides is 3. The van der Waals surface area contributed by atoms with Crippen LogP contribution in [0.4, 0.5) is 0 Å². The van der Waals surface area contributed by atoms with Crippen molar-refractivity contribution in [2.45, 2.75) is 18.9 Å². The second-order valence-corrected chi connectivity index (χ2v) is 3.82. The summed E-state index contributed by atoms with van der Waals surface area (Å²) < 4.78 is 0. The van der Waals surface area contributed by atoms with Crippen LogP contribution in [0.3, 0.4) is 0 Å². The zero-order valence-electron chi connectivity index (χ0n) is 9.84. The highest BCUT2D eigenvalue weighted by atomic mass is 16.2. The summed E-state index contributed by atoms with van der Waals surface area (Å²) in [6.07, 6.45) is 1.77. The normalized spacial score (nSPS) is 18.5. The molecule has 3 amide bonds. The van der Waals surface area contributed by atoms with Crippen molar-refractivity contribution in [3.8, 4) is 0 Å². The quantitative estimate of drug-likeness (QED) is 0.436. The van der Waals surface area contributed by atoms with Gasteiger partial charge in [-0.3, -0.25) is 14.4 Å². The van der Waals surface area contributed by atoms with Crippen LogP contribution in [0.1, 0.15) is 12.8 Å². The van der Waals surface area contributed by atoms with E-state index >= 15 is 0 Å². The molecule has 4 N–H and O–H groups in total. The van der Waals surface area contributed by atoms with Crippen LogP contribution in [-0.2, 0) is 14.4 Å². The molecule has 7 nitrogen and oxygen atoms in total. The molecule has 1 fully saturated rings. The first kappa shape index (κ1) is 13.4. The SMILES string of the molecule is CNC(=O)CNC(=O)CNC(=O)C1CCCN1. The van der Waals surface area contributed by atoms with Crippen molar-refractivity contribution in [3.05, 3.63) is 0 Å². The minimum atomic E-state index is -0.375. The first-order chi connectivity index (χ1) is 8.13. The summed E-state index contributed by atoms with van der Waals surface area (Å²) in [7, 11) is 1.49. The third-order valence-corrected chi connectivity index (χ3v) is 2.52. The smallest absolute Gasteiger partial charge is 0.239 e. The van der Waals surface area contributed by atoms with Crippen molar-refractivity contribution in [1.29, 1.82) is 0 Å². The number of nitrogens with one attached hydrogen (secondary N) is 4. The van der Waals surface area contributed by atoms with E-state index in [4.69, 9.17) is 0 Å². The first-order valence-electron chi connectivity index (χ1n) is 5.62. The maximum absolute atomic E-state index is 11.5. The Kier molecular flexibility index (Phi) is 5.41. The zero-order chi connectivity index (χ0) is 12.7. The molecular formula is C10H18N4O3. The second-order valence-electron chi connectivity index (χ2n) is 3.82. The maximum Gasteiger partial charge on any atom is 0.239 e. The highest BCUT2D eigenvalue weighted by Crippen LogP contribution is 2.03. The average molecular weight is 242 g/mol. The van der Waals surface area contributed by atoms with E-state index < -0.39 is 0 Å². The number of carbonyl (C=O) groups excluding carboxylic acids is 3. The summed E-state index contributed by atoms with van der Waals surface area (Å²) >= 11 is 0. The Labute approximate surface area is 99.7 Å².